The highest BCUT2D eigenvalue weighted by Gasteiger charge is 2.32. The largest absolute Gasteiger partial charge is 0.480 e. The highest BCUT2D eigenvalue weighted by atomic mass is 16.5. The van der Waals surface area contributed by atoms with E-state index in [-0.39, 0.29) is 5.78 Å². The number of fused-ring (bicyclic) bond motifs is 2. The molecule has 0 saturated carbocycles. The van der Waals surface area contributed by atoms with Crippen LogP contribution >= 0.6 is 0 Å². The summed E-state index contributed by atoms with van der Waals surface area (Å²) in [6.07, 6.45) is 3.46. The van der Waals surface area contributed by atoms with Gasteiger partial charge in [0.25, 0.3) is 0 Å². The SMILES string of the molecule is O=C1/C(=C\c2c[nH]c3ccccc23)[C@H](c2ccccc2)Oc2ccccc21. The number of hydrogen-bond acceptors (Lipinski definition) is 2. The molecule has 1 atom stereocenters. The summed E-state index contributed by atoms with van der Waals surface area (Å²) in [7, 11) is 0. The molecule has 3 nitrogen and oxygen atoms in total. The number of ketones is 1. The van der Waals surface area contributed by atoms with E-state index in [2.05, 4.69) is 11.1 Å². The van der Waals surface area contributed by atoms with Gasteiger partial charge in [-0.3, -0.25) is 4.79 Å². The number of Topliss-reactive ketones (excluding diaryl/α,β-unsaturated/α-hetero) is 1. The van der Waals surface area contributed by atoms with Crippen LogP contribution in [0, 0.1) is 0 Å². The van der Waals surface area contributed by atoms with Gasteiger partial charge in [0.1, 0.15) is 5.75 Å². The molecule has 1 N–H and O–H groups in total. The van der Waals surface area contributed by atoms with Crippen LogP contribution in [0.2, 0.25) is 0 Å². The Morgan fingerprint density at radius 1 is 0.852 bits per heavy atom. The van der Waals surface area contributed by atoms with Crippen LogP contribution in [0.15, 0.2) is 90.6 Å². The number of carbonyl (C=O) groups is 1. The molecule has 1 aliphatic rings. The Morgan fingerprint density at radius 2 is 1.59 bits per heavy atom. The third kappa shape index (κ3) is 2.64. The molecule has 0 radical (unpaired) electrons. The third-order valence-corrected chi connectivity index (χ3v) is 4.96. The number of hydrogen-bond donors (Lipinski definition) is 1. The summed E-state index contributed by atoms with van der Waals surface area (Å²) < 4.78 is 6.26. The number of ether oxygens (including phenoxy) is 1. The number of nitrogens with one attached hydrogen (secondary N) is 1. The summed E-state index contributed by atoms with van der Waals surface area (Å²) in [6.45, 7) is 0. The first kappa shape index (κ1) is 15.6. The molecule has 3 heteroatoms. The van der Waals surface area contributed by atoms with Crippen molar-refractivity contribution in [2.24, 2.45) is 0 Å². The molecule has 0 spiro atoms. The minimum Gasteiger partial charge on any atom is -0.480 e. The molecule has 0 bridgehead atoms. The van der Waals surface area contributed by atoms with Crippen molar-refractivity contribution in [2.45, 2.75) is 6.10 Å². The van der Waals surface area contributed by atoms with Gasteiger partial charge in [-0.2, -0.15) is 0 Å². The van der Waals surface area contributed by atoms with Gasteiger partial charge in [0, 0.05) is 28.2 Å². The van der Waals surface area contributed by atoms with Crippen LogP contribution in [-0.4, -0.2) is 10.8 Å². The fraction of sp³-hybridized carbons (Fsp3) is 0.0417. The van der Waals surface area contributed by atoms with Crippen LogP contribution in [0.4, 0.5) is 0 Å². The number of aromatic amines is 1. The van der Waals surface area contributed by atoms with Gasteiger partial charge in [-0.15, -0.1) is 0 Å². The summed E-state index contributed by atoms with van der Waals surface area (Å²) in [4.78, 5) is 16.6. The predicted molar refractivity (Wildman–Crippen MR) is 107 cm³/mol. The molecule has 0 amide bonds. The molecule has 130 valence electrons. The zero-order chi connectivity index (χ0) is 18.2. The van der Waals surface area contributed by atoms with Crippen LogP contribution in [0.25, 0.3) is 17.0 Å². The van der Waals surface area contributed by atoms with Crippen molar-refractivity contribution in [3.63, 3.8) is 0 Å². The maximum absolute atomic E-state index is 13.3. The summed E-state index contributed by atoms with van der Waals surface area (Å²) in [6, 6.07) is 25.4. The number of aromatic nitrogens is 1. The van der Waals surface area contributed by atoms with Gasteiger partial charge >= 0.3 is 0 Å². The number of rotatable bonds is 2. The molecule has 1 aliphatic heterocycles. The van der Waals surface area contributed by atoms with Gasteiger partial charge in [-0.25, -0.2) is 0 Å². The quantitative estimate of drug-likeness (QED) is 0.480. The molecule has 0 saturated heterocycles. The first-order chi connectivity index (χ1) is 13.3. The van der Waals surface area contributed by atoms with Gasteiger partial charge in [-0.1, -0.05) is 60.7 Å². The molecule has 2 heterocycles. The molecular weight excluding hydrogens is 334 g/mol. The van der Waals surface area contributed by atoms with Crippen LogP contribution in [0.1, 0.15) is 27.6 Å². The Bertz CT molecular complexity index is 1170. The van der Waals surface area contributed by atoms with Gasteiger partial charge in [0.2, 0.25) is 0 Å². The molecule has 3 aromatic carbocycles. The average molecular weight is 351 g/mol. The number of benzene rings is 3. The molecule has 0 fully saturated rings. The van der Waals surface area contributed by atoms with E-state index in [1.165, 1.54) is 0 Å². The van der Waals surface area contributed by atoms with Crippen molar-refractivity contribution in [3.05, 3.63) is 107 Å². The topological polar surface area (TPSA) is 42.1 Å². The Hall–Kier alpha value is -3.59. The Labute approximate surface area is 156 Å². The molecule has 1 aromatic heterocycles. The Morgan fingerprint density at radius 3 is 2.48 bits per heavy atom. The van der Waals surface area contributed by atoms with E-state index in [1.807, 2.05) is 85.1 Å². The average Bonchev–Trinajstić information content (AvgIpc) is 3.14. The molecule has 27 heavy (non-hydrogen) atoms. The minimum absolute atomic E-state index is 0.0102. The van der Waals surface area contributed by atoms with Crippen molar-refractivity contribution in [1.82, 2.24) is 4.98 Å². The summed E-state index contributed by atoms with van der Waals surface area (Å²) in [5.74, 6) is 0.642. The highest BCUT2D eigenvalue weighted by molar-refractivity contribution is 6.15. The normalized spacial score (nSPS) is 17.7. The van der Waals surface area contributed by atoms with E-state index in [9.17, 15) is 4.79 Å². The zero-order valence-corrected chi connectivity index (χ0v) is 14.6. The van der Waals surface area contributed by atoms with Crippen molar-refractivity contribution >= 4 is 22.8 Å². The van der Waals surface area contributed by atoms with Crippen molar-refractivity contribution in [1.29, 1.82) is 0 Å². The van der Waals surface area contributed by atoms with E-state index in [4.69, 9.17) is 4.74 Å². The van der Waals surface area contributed by atoms with Crippen LogP contribution in [0.5, 0.6) is 5.75 Å². The predicted octanol–water partition coefficient (Wildman–Crippen LogP) is 5.57. The van der Waals surface area contributed by atoms with Crippen molar-refractivity contribution in [3.8, 4) is 5.75 Å². The fourth-order valence-corrected chi connectivity index (χ4v) is 3.62. The molecule has 0 unspecified atom stereocenters. The maximum atomic E-state index is 13.3. The van der Waals surface area contributed by atoms with E-state index >= 15 is 0 Å². The third-order valence-electron chi connectivity index (χ3n) is 4.96. The van der Waals surface area contributed by atoms with Crippen LogP contribution in [-0.2, 0) is 0 Å². The Kier molecular flexibility index (Phi) is 3.65. The minimum atomic E-state index is -0.428. The highest BCUT2D eigenvalue weighted by Crippen LogP contribution is 2.39. The fourth-order valence-electron chi connectivity index (χ4n) is 3.62. The van der Waals surface area contributed by atoms with Gasteiger partial charge in [0.15, 0.2) is 11.9 Å². The van der Waals surface area contributed by atoms with Crippen LogP contribution in [0.3, 0.4) is 0 Å². The second-order valence-corrected chi connectivity index (χ2v) is 6.62. The monoisotopic (exact) mass is 351 g/mol. The second-order valence-electron chi connectivity index (χ2n) is 6.62. The van der Waals surface area contributed by atoms with Gasteiger partial charge in [-0.05, 0) is 29.8 Å². The number of carbonyl (C=O) groups excluding carboxylic acids is 1. The molecular formula is C24H17NO2. The van der Waals surface area contributed by atoms with Crippen molar-refractivity contribution in [2.75, 3.05) is 0 Å². The standard InChI is InChI=1S/C24H17NO2/c26-23-19-11-5-7-13-22(19)27-24(16-8-2-1-3-9-16)20(23)14-17-15-25-21-12-6-4-10-18(17)21/h1-15,24-25H/b20-14+/t24-/m0/s1. The van der Waals surface area contributed by atoms with E-state index in [0.717, 1.165) is 22.0 Å². The lowest BCUT2D eigenvalue weighted by molar-refractivity contribution is 0.0963. The second kappa shape index (κ2) is 6.29. The van der Waals surface area contributed by atoms with Gasteiger partial charge in [0.05, 0.1) is 5.56 Å². The van der Waals surface area contributed by atoms with E-state index < -0.39 is 6.10 Å². The summed E-state index contributed by atoms with van der Waals surface area (Å²) in [5, 5.41) is 1.09. The lowest BCUT2D eigenvalue weighted by Crippen LogP contribution is -2.23. The van der Waals surface area contributed by atoms with E-state index in [1.54, 1.807) is 0 Å². The van der Waals surface area contributed by atoms with E-state index in [0.29, 0.717) is 16.9 Å². The first-order valence-corrected chi connectivity index (χ1v) is 8.94. The smallest absolute Gasteiger partial charge is 0.196 e. The molecule has 5 rings (SSSR count). The molecule has 4 aromatic rings. The van der Waals surface area contributed by atoms with Gasteiger partial charge < -0.3 is 9.72 Å². The lowest BCUT2D eigenvalue weighted by atomic mass is 9.89. The van der Waals surface area contributed by atoms with Crippen molar-refractivity contribution < 1.29 is 9.53 Å². The first-order valence-electron chi connectivity index (χ1n) is 8.94. The summed E-state index contributed by atoms with van der Waals surface area (Å²) in [5.41, 5.74) is 4.25. The summed E-state index contributed by atoms with van der Waals surface area (Å²) >= 11 is 0. The number of H-pyrrole nitrogens is 1. The lowest BCUT2D eigenvalue weighted by Gasteiger charge is -2.28. The van der Waals surface area contributed by atoms with Crippen LogP contribution < -0.4 is 4.74 Å². The molecule has 0 aliphatic carbocycles. The zero-order valence-electron chi connectivity index (χ0n) is 14.6. The maximum Gasteiger partial charge on any atom is 0.196 e. The Balaban J connectivity index is 1.70. The number of para-hydroxylation sites is 2.